The smallest absolute Gasteiger partial charge is 0.335 e. The lowest BCUT2D eigenvalue weighted by Crippen LogP contribution is -2.54. The fourth-order valence-corrected chi connectivity index (χ4v) is 4.55. The van der Waals surface area contributed by atoms with Crippen molar-refractivity contribution in [2.45, 2.75) is 20.8 Å². The molecule has 4 rings (SSSR count). The SMILES string of the molecule is COc1cc(/C=C2\C(=O)NC(=O)N(c3cc(Cl)ccc3C)C2=O)cc(Cl)c1OCC(=O)Nc1ccc(C)cc1C. The minimum atomic E-state index is -0.893. The van der Waals surface area contributed by atoms with Crippen LogP contribution in [0.1, 0.15) is 22.3 Å². The highest BCUT2D eigenvalue weighted by Gasteiger charge is 2.37. The molecule has 3 aromatic carbocycles. The molecule has 0 radical (unpaired) electrons. The Hall–Kier alpha value is -4.34. The lowest BCUT2D eigenvalue weighted by atomic mass is 10.1. The molecule has 0 unspecified atom stereocenters. The second-order valence-electron chi connectivity index (χ2n) is 9.08. The number of hydrogen-bond donors (Lipinski definition) is 2. The van der Waals surface area contributed by atoms with Crippen LogP contribution in [0.5, 0.6) is 11.5 Å². The first-order valence-electron chi connectivity index (χ1n) is 12.0. The van der Waals surface area contributed by atoms with Gasteiger partial charge < -0.3 is 14.8 Å². The third-order valence-corrected chi connectivity index (χ3v) is 6.60. The predicted octanol–water partition coefficient (Wildman–Crippen LogP) is 5.61. The third kappa shape index (κ3) is 6.11. The van der Waals surface area contributed by atoms with E-state index in [4.69, 9.17) is 32.7 Å². The van der Waals surface area contributed by atoms with Crippen molar-refractivity contribution in [2.24, 2.45) is 0 Å². The van der Waals surface area contributed by atoms with E-state index in [1.807, 2.05) is 32.0 Å². The van der Waals surface area contributed by atoms with Gasteiger partial charge in [0.2, 0.25) is 0 Å². The maximum absolute atomic E-state index is 13.3. The summed E-state index contributed by atoms with van der Waals surface area (Å²) in [5.74, 6) is -1.84. The molecule has 0 spiro atoms. The van der Waals surface area contributed by atoms with Crippen molar-refractivity contribution in [1.29, 1.82) is 0 Å². The van der Waals surface area contributed by atoms with Gasteiger partial charge in [0.15, 0.2) is 18.1 Å². The summed E-state index contributed by atoms with van der Waals surface area (Å²) in [7, 11) is 1.38. The molecule has 0 saturated carbocycles. The summed E-state index contributed by atoms with van der Waals surface area (Å²) in [6.45, 7) is 5.21. The number of hydrogen-bond acceptors (Lipinski definition) is 6. The molecule has 0 aromatic heterocycles. The van der Waals surface area contributed by atoms with Crippen LogP contribution in [-0.4, -0.2) is 37.5 Å². The van der Waals surface area contributed by atoms with Gasteiger partial charge in [0.1, 0.15) is 5.57 Å². The molecule has 2 N–H and O–H groups in total. The fraction of sp³-hybridized carbons (Fsp3) is 0.172. The summed E-state index contributed by atoms with van der Waals surface area (Å²) in [6.07, 6.45) is 1.28. The monoisotopic (exact) mass is 581 g/mol. The molecular weight excluding hydrogens is 557 g/mol. The molecular formula is C29H25Cl2N3O6. The topological polar surface area (TPSA) is 114 Å². The summed E-state index contributed by atoms with van der Waals surface area (Å²) in [5, 5.41) is 5.36. The van der Waals surface area contributed by atoms with Gasteiger partial charge in [0, 0.05) is 10.7 Å². The van der Waals surface area contributed by atoms with Gasteiger partial charge in [-0.15, -0.1) is 0 Å². The number of amides is 5. The molecule has 11 heteroatoms. The molecule has 0 atom stereocenters. The molecule has 9 nitrogen and oxygen atoms in total. The normalized spacial score (nSPS) is 14.3. The Labute approximate surface area is 240 Å². The van der Waals surface area contributed by atoms with E-state index in [-0.39, 0.29) is 34.4 Å². The van der Waals surface area contributed by atoms with E-state index in [1.54, 1.807) is 19.1 Å². The zero-order valence-corrected chi connectivity index (χ0v) is 23.6. The molecule has 0 aliphatic carbocycles. The van der Waals surface area contributed by atoms with Gasteiger partial charge >= 0.3 is 6.03 Å². The number of urea groups is 1. The number of aryl methyl sites for hydroxylation is 3. The lowest BCUT2D eigenvalue weighted by molar-refractivity contribution is -0.122. The number of anilines is 2. The maximum Gasteiger partial charge on any atom is 0.335 e. The number of ether oxygens (including phenoxy) is 2. The summed E-state index contributed by atoms with van der Waals surface area (Å²) < 4.78 is 11.0. The van der Waals surface area contributed by atoms with Crippen LogP contribution in [0.4, 0.5) is 16.2 Å². The first-order valence-corrected chi connectivity index (χ1v) is 12.8. The molecule has 1 saturated heterocycles. The van der Waals surface area contributed by atoms with Crippen molar-refractivity contribution in [3.63, 3.8) is 0 Å². The Balaban J connectivity index is 1.57. The highest BCUT2D eigenvalue weighted by atomic mass is 35.5. The second-order valence-corrected chi connectivity index (χ2v) is 9.92. The van der Waals surface area contributed by atoms with Gasteiger partial charge in [0.05, 0.1) is 17.8 Å². The fourth-order valence-electron chi connectivity index (χ4n) is 4.11. The van der Waals surface area contributed by atoms with E-state index in [9.17, 15) is 19.2 Å². The van der Waals surface area contributed by atoms with E-state index in [1.165, 1.54) is 31.4 Å². The van der Waals surface area contributed by atoms with Crippen molar-refractivity contribution in [1.82, 2.24) is 5.32 Å². The molecule has 1 aliphatic heterocycles. The molecule has 5 amide bonds. The van der Waals surface area contributed by atoms with Gasteiger partial charge in [0.25, 0.3) is 17.7 Å². The quantitative estimate of drug-likeness (QED) is 0.277. The third-order valence-electron chi connectivity index (χ3n) is 6.08. The van der Waals surface area contributed by atoms with E-state index < -0.39 is 23.8 Å². The van der Waals surface area contributed by atoms with Crippen LogP contribution in [0.25, 0.3) is 6.08 Å². The van der Waals surface area contributed by atoms with Crippen LogP contribution < -0.4 is 25.0 Å². The van der Waals surface area contributed by atoms with Crippen LogP contribution in [0.2, 0.25) is 10.0 Å². The van der Waals surface area contributed by atoms with Crippen LogP contribution >= 0.6 is 23.2 Å². The second kappa shape index (κ2) is 11.8. The van der Waals surface area contributed by atoms with Crippen molar-refractivity contribution in [3.05, 3.63) is 86.4 Å². The number of rotatable bonds is 7. The zero-order valence-electron chi connectivity index (χ0n) is 22.1. The van der Waals surface area contributed by atoms with Crippen molar-refractivity contribution < 1.29 is 28.7 Å². The van der Waals surface area contributed by atoms with Gasteiger partial charge in [-0.25, -0.2) is 9.69 Å². The number of barbiturate groups is 1. The standard InChI is InChI=1S/C29H25Cl2N3O6/c1-15-5-8-22(17(3)9-15)32-25(35)14-40-26-21(31)11-18(12-24(26)39-4)10-20-27(36)33-29(38)34(28(20)37)23-13-19(30)7-6-16(23)2/h5-13H,14H2,1-4H3,(H,32,35)(H,33,36,38)/b20-10+. The van der Waals surface area contributed by atoms with Crippen LogP contribution in [0, 0.1) is 20.8 Å². The zero-order chi connectivity index (χ0) is 29.1. The summed E-state index contributed by atoms with van der Waals surface area (Å²) in [6, 6.07) is 12.4. The number of carbonyl (C=O) groups excluding carboxylic acids is 4. The summed E-state index contributed by atoms with van der Waals surface area (Å²) in [4.78, 5) is 51.8. The lowest BCUT2D eigenvalue weighted by Gasteiger charge is -2.27. The van der Waals surface area contributed by atoms with E-state index in [0.29, 0.717) is 21.8 Å². The molecule has 1 fully saturated rings. The number of nitrogens with zero attached hydrogens (tertiary/aromatic N) is 1. The Morgan fingerprint density at radius 3 is 2.45 bits per heavy atom. The predicted molar refractivity (Wildman–Crippen MR) is 153 cm³/mol. The van der Waals surface area contributed by atoms with Crippen molar-refractivity contribution >= 4 is 64.4 Å². The number of nitrogens with one attached hydrogen (secondary N) is 2. The molecule has 206 valence electrons. The molecule has 40 heavy (non-hydrogen) atoms. The largest absolute Gasteiger partial charge is 0.493 e. The molecule has 0 bridgehead atoms. The Kier molecular flexibility index (Phi) is 8.46. The highest BCUT2D eigenvalue weighted by molar-refractivity contribution is 6.40. The van der Waals surface area contributed by atoms with Gasteiger partial charge in [-0.3, -0.25) is 19.7 Å². The first kappa shape index (κ1) is 28.7. The van der Waals surface area contributed by atoms with Crippen LogP contribution in [0.15, 0.2) is 54.1 Å². The molecule has 3 aromatic rings. The van der Waals surface area contributed by atoms with Gasteiger partial charge in [-0.1, -0.05) is 47.0 Å². The first-order chi connectivity index (χ1) is 19.0. The minimum absolute atomic E-state index is 0.0767. The maximum atomic E-state index is 13.3. The molecule has 1 aliphatic rings. The minimum Gasteiger partial charge on any atom is -0.493 e. The average Bonchev–Trinajstić information content (AvgIpc) is 2.89. The van der Waals surface area contributed by atoms with Gasteiger partial charge in [-0.05, 0) is 73.9 Å². The van der Waals surface area contributed by atoms with Crippen LogP contribution in [0.3, 0.4) is 0 Å². The van der Waals surface area contributed by atoms with E-state index >= 15 is 0 Å². The van der Waals surface area contributed by atoms with Gasteiger partial charge in [-0.2, -0.15) is 0 Å². The van der Waals surface area contributed by atoms with E-state index in [2.05, 4.69) is 10.6 Å². The highest BCUT2D eigenvalue weighted by Crippen LogP contribution is 2.37. The number of benzene rings is 3. The Bertz CT molecular complexity index is 1580. The Morgan fingerprint density at radius 2 is 1.75 bits per heavy atom. The summed E-state index contributed by atoms with van der Waals surface area (Å²) >= 11 is 12.5. The van der Waals surface area contributed by atoms with Crippen molar-refractivity contribution in [2.75, 3.05) is 23.9 Å². The number of methoxy groups -OCH3 is 1. The number of halogens is 2. The average molecular weight is 582 g/mol. The number of imide groups is 2. The number of carbonyl (C=O) groups is 4. The van der Waals surface area contributed by atoms with E-state index in [0.717, 1.165) is 16.0 Å². The Morgan fingerprint density at radius 1 is 1.00 bits per heavy atom. The molecule has 1 heterocycles. The van der Waals surface area contributed by atoms with Crippen molar-refractivity contribution in [3.8, 4) is 11.5 Å². The van der Waals surface area contributed by atoms with Crippen LogP contribution in [-0.2, 0) is 14.4 Å². The summed E-state index contributed by atoms with van der Waals surface area (Å²) in [5.41, 5.74) is 3.51.